The van der Waals surface area contributed by atoms with Crippen molar-refractivity contribution >= 4 is 0 Å². The van der Waals surface area contributed by atoms with Gasteiger partial charge in [0.05, 0.1) is 0 Å². The summed E-state index contributed by atoms with van der Waals surface area (Å²) in [5.74, 6) is 0. The average Bonchev–Trinajstić information content (AvgIpc) is 3.34. The molecule has 0 aliphatic carbocycles. The molecule has 0 unspecified atom stereocenters. The van der Waals surface area contributed by atoms with Gasteiger partial charge >= 0.3 is 0 Å². The lowest BCUT2D eigenvalue weighted by Gasteiger charge is -2.07. The van der Waals surface area contributed by atoms with Crippen molar-refractivity contribution in [1.29, 1.82) is 0 Å². The van der Waals surface area contributed by atoms with Crippen molar-refractivity contribution in [3.8, 4) is 22.5 Å². The van der Waals surface area contributed by atoms with E-state index in [9.17, 15) is 0 Å². The third-order valence-electron chi connectivity index (χ3n) is 5.21. The highest BCUT2D eigenvalue weighted by atomic mass is 15.0. The van der Waals surface area contributed by atoms with Crippen LogP contribution in [0, 0.1) is 0 Å². The summed E-state index contributed by atoms with van der Waals surface area (Å²) in [5.41, 5.74) is 7.78. The summed E-state index contributed by atoms with van der Waals surface area (Å²) in [4.78, 5) is 0. The highest BCUT2D eigenvalue weighted by Crippen LogP contribution is 2.29. The van der Waals surface area contributed by atoms with Crippen molar-refractivity contribution in [2.24, 2.45) is 0 Å². The van der Waals surface area contributed by atoms with Crippen molar-refractivity contribution in [2.45, 2.75) is 39.5 Å². The Balaban J connectivity index is 1.79. The molecule has 0 saturated carbocycles. The fourth-order valence-electron chi connectivity index (χ4n) is 3.89. The lowest BCUT2D eigenvalue weighted by atomic mass is 10.1. The van der Waals surface area contributed by atoms with E-state index in [-0.39, 0.29) is 0 Å². The highest BCUT2D eigenvalue weighted by molar-refractivity contribution is 5.66. The van der Waals surface area contributed by atoms with Crippen LogP contribution in [0.3, 0.4) is 0 Å². The molecular formula is C26H28N2. The van der Waals surface area contributed by atoms with Crippen LogP contribution in [0.5, 0.6) is 0 Å². The van der Waals surface area contributed by atoms with Gasteiger partial charge in [-0.15, -0.1) is 0 Å². The first-order chi connectivity index (χ1) is 13.8. The predicted octanol–water partition coefficient (Wildman–Crippen LogP) is 6.84. The number of hydrogen-bond acceptors (Lipinski definition) is 0. The van der Waals surface area contributed by atoms with Crippen molar-refractivity contribution in [3.05, 3.63) is 96.6 Å². The van der Waals surface area contributed by atoms with E-state index < -0.39 is 0 Å². The van der Waals surface area contributed by atoms with Crippen LogP contribution < -0.4 is 0 Å². The van der Waals surface area contributed by atoms with Crippen molar-refractivity contribution < 1.29 is 0 Å². The van der Waals surface area contributed by atoms with Crippen LogP contribution >= 0.6 is 0 Å². The molecule has 2 aromatic heterocycles. The number of rotatable bonds is 7. The third kappa shape index (κ3) is 3.68. The van der Waals surface area contributed by atoms with E-state index in [1.807, 2.05) is 0 Å². The minimum absolute atomic E-state index is 1.08. The van der Waals surface area contributed by atoms with Gasteiger partial charge in [-0.2, -0.15) is 0 Å². The van der Waals surface area contributed by atoms with Crippen LogP contribution in [0.1, 0.15) is 38.1 Å². The molecule has 2 aromatic carbocycles. The Bertz CT molecular complexity index is 937. The van der Waals surface area contributed by atoms with Gasteiger partial charge in [0, 0.05) is 46.3 Å². The van der Waals surface area contributed by atoms with E-state index in [1.54, 1.807) is 0 Å². The normalized spacial score (nSPS) is 11.1. The Morgan fingerprint density at radius 3 is 1.32 bits per heavy atom. The van der Waals surface area contributed by atoms with Gasteiger partial charge in [0.2, 0.25) is 0 Å². The van der Waals surface area contributed by atoms with Gasteiger partial charge in [0.25, 0.3) is 0 Å². The second-order valence-electron chi connectivity index (χ2n) is 7.35. The Kier molecular flexibility index (Phi) is 5.48. The van der Waals surface area contributed by atoms with Crippen LogP contribution in [0.15, 0.2) is 85.2 Å². The van der Waals surface area contributed by atoms with Gasteiger partial charge in [-0.05, 0) is 49.2 Å². The fraction of sp³-hybridized carbons (Fsp3) is 0.231. The number of aromatic nitrogens is 2. The molecule has 0 N–H and O–H groups in total. The average molecular weight is 369 g/mol. The van der Waals surface area contributed by atoms with Crippen molar-refractivity contribution in [3.63, 3.8) is 0 Å². The summed E-state index contributed by atoms with van der Waals surface area (Å²) < 4.78 is 4.69. The molecule has 0 aliphatic rings. The Morgan fingerprint density at radius 1 is 0.571 bits per heavy atom. The molecule has 0 saturated heterocycles. The highest BCUT2D eigenvalue weighted by Gasteiger charge is 2.13. The fourth-order valence-corrected chi connectivity index (χ4v) is 3.89. The molecule has 2 heteroatoms. The van der Waals surface area contributed by atoms with E-state index in [4.69, 9.17) is 0 Å². The summed E-state index contributed by atoms with van der Waals surface area (Å²) in [5, 5.41) is 0. The molecule has 2 nitrogen and oxygen atoms in total. The van der Waals surface area contributed by atoms with E-state index in [1.165, 1.54) is 33.9 Å². The molecule has 142 valence electrons. The maximum atomic E-state index is 2.36. The molecule has 0 atom stereocenters. The molecule has 0 spiro atoms. The summed E-state index contributed by atoms with van der Waals surface area (Å²) in [7, 11) is 0. The van der Waals surface area contributed by atoms with Crippen LogP contribution in [-0.4, -0.2) is 9.13 Å². The summed E-state index contributed by atoms with van der Waals surface area (Å²) >= 11 is 0. The van der Waals surface area contributed by atoms with Gasteiger partial charge in [-0.3, -0.25) is 0 Å². The number of nitrogens with zero attached hydrogens (tertiary/aromatic N) is 2. The van der Waals surface area contributed by atoms with Crippen molar-refractivity contribution in [1.82, 2.24) is 9.13 Å². The Labute approximate surface area is 168 Å². The Morgan fingerprint density at radius 2 is 0.964 bits per heavy atom. The monoisotopic (exact) mass is 368 g/mol. The zero-order valence-electron chi connectivity index (χ0n) is 16.8. The number of benzene rings is 2. The molecule has 0 fully saturated rings. The molecule has 2 heterocycles. The maximum absolute atomic E-state index is 2.36. The van der Waals surface area contributed by atoms with E-state index >= 15 is 0 Å². The third-order valence-corrected chi connectivity index (χ3v) is 5.21. The second-order valence-corrected chi connectivity index (χ2v) is 7.35. The van der Waals surface area contributed by atoms with Gasteiger partial charge in [0.15, 0.2) is 0 Å². The standard InChI is InChI=1S/C26H28N2/c1-3-11-25-17-21(19-27(25)23-13-7-5-8-14-23)22-18-26(12-4-2)28(20-22)24-15-9-6-10-16-24/h5-10,13-20H,3-4,11-12H2,1-2H3. The zero-order chi connectivity index (χ0) is 19.3. The molecule has 0 aliphatic heterocycles. The smallest absolute Gasteiger partial charge is 0.0452 e. The van der Waals surface area contributed by atoms with Gasteiger partial charge in [-0.1, -0.05) is 63.1 Å². The SMILES string of the molecule is CCCc1cc(-c2cc(CCC)n(-c3ccccc3)c2)cn1-c1ccccc1. The summed E-state index contributed by atoms with van der Waals surface area (Å²) in [6, 6.07) is 26.0. The second kappa shape index (κ2) is 8.35. The summed E-state index contributed by atoms with van der Waals surface area (Å²) in [6.07, 6.45) is 9.03. The van der Waals surface area contributed by atoms with Crippen LogP contribution in [0.4, 0.5) is 0 Å². The largest absolute Gasteiger partial charge is 0.320 e. The van der Waals surface area contributed by atoms with Crippen LogP contribution in [0.25, 0.3) is 22.5 Å². The minimum Gasteiger partial charge on any atom is -0.320 e. The molecule has 4 rings (SSSR count). The van der Waals surface area contributed by atoms with E-state index in [2.05, 4.69) is 108 Å². The number of hydrogen-bond donors (Lipinski definition) is 0. The predicted molar refractivity (Wildman–Crippen MR) is 119 cm³/mol. The number of aryl methyl sites for hydroxylation is 2. The molecule has 28 heavy (non-hydrogen) atoms. The van der Waals surface area contributed by atoms with Gasteiger partial charge < -0.3 is 9.13 Å². The molecule has 4 aromatic rings. The topological polar surface area (TPSA) is 9.86 Å². The Hall–Kier alpha value is -3.00. The number of para-hydroxylation sites is 2. The van der Waals surface area contributed by atoms with Gasteiger partial charge in [-0.25, -0.2) is 0 Å². The lowest BCUT2D eigenvalue weighted by Crippen LogP contribution is -1.97. The first-order valence-corrected chi connectivity index (χ1v) is 10.3. The first-order valence-electron chi connectivity index (χ1n) is 10.3. The molecule has 0 amide bonds. The van der Waals surface area contributed by atoms with E-state index in [0.29, 0.717) is 0 Å². The van der Waals surface area contributed by atoms with Crippen LogP contribution in [0.2, 0.25) is 0 Å². The van der Waals surface area contributed by atoms with E-state index in [0.717, 1.165) is 25.7 Å². The van der Waals surface area contributed by atoms with Gasteiger partial charge in [0.1, 0.15) is 0 Å². The molecular weight excluding hydrogens is 340 g/mol. The lowest BCUT2D eigenvalue weighted by molar-refractivity contribution is 0.843. The zero-order valence-corrected chi connectivity index (χ0v) is 16.8. The van der Waals surface area contributed by atoms with Crippen molar-refractivity contribution in [2.75, 3.05) is 0 Å². The molecule has 0 radical (unpaired) electrons. The van der Waals surface area contributed by atoms with Crippen LogP contribution in [-0.2, 0) is 12.8 Å². The quantitative estimate of drug-likeness (QED) is 0.338. The maximum Gasteiger partial charge on any atom is 0.0452 e. The molecule has 0 bridgehead atoms. The summed E-state index contributed by atoms with van der Waals surface area (Å²) in [6.45, 7) is 4.49. The minimum atomic E-state index is 1.08. The first kappa shape index (κ1) is 18.4.